The molecule has 1 aliphatic heterocycles. The molecule has 0 spiro atoms. The highest BCUT2D eigenvalue weighted by Crippen LogP contribution is 2.21. The molecule has 0 aliphatic carbocycles. The van der Waals surface area contributed by atoms with E-state index in [9.17, 15) is 14.0 Å². The molecule has 138 valence electrons. The second-order valence-corrected chi connectivity index (χ2v) is 6.71. The first-order valence-electron chi connectivity index (χ1n) is 8.79. The summed E-state index contributed by atoms with van der Waals surface area (Å²) < 4.78 is 18.3. The molecule has 0 bridgehead atoms. The normalized spacial score (nSPS) is 18.4. The smallest absolute Gasteiger partial charge is 0.305 e. The summed E-state index contributed by atoms with van der Waals surface area (Å²) in [5, 5.41) is 2.84. The van der Waals surface area contributed by atoms with Crippen LogP contribution in [0.5, 0.6) is 0 Å². The van der Waals surface area contributed by atoms with Crippen molar-refractivity contribution in [3.63, 3.8) is 0 Å². The third kappa shape index (κ3) is 6.46. The predicted octanol–water partition coefficient (Wildman–Crippen LogP) is 2.42. The minimum atomic E-state index is -0.254. The standard InChI is InChI=1S/C19H27FN2O3/c1-14-5-6-16(10-17(14)20)12-21-18(23)13-22-8-3-4-15(7-9-22)11-19(24)25-2/h5-6,10,15H,3-4,7-9,11-13H2,1-2H3,(H,21,23)/t15-/m1/s1. The Bertz CT molecular complexity index is 606. The highest BCUT2D eigenvalue weighted by molar-refractivity contribution is 5.78. The number of hydrogen-bond acceptors (Lipinski definition) is 4. The summed E-state index contributed by atoms with van der Waals surface area (Å²) in [6.45, 7) is 4.02. The van der Waals surface area contributed by atoms with Crippen molar-refractivity contribution < 1.29 is 18.7 Å². The summed E-state index contributed by atoms with van der Waals surface area (Å²) >= 11 is 0. The number of carbonyl (C=O) groups is 2. The third-order valence-electron chi connectivity index (χ3n) is 4.72. The number of methoxy groups -OCH3 is 1. The predicted molar refractivity (Wildman–Crippen MR) is 93.4 cm³/mol. The van der Waals surface area contributed by atoms with Crippen molar-refractivity contribution in [1.29, 1.82) is 0 Å². The molecular formula is C19H27FN2O3. The van der Waals surface area contributed by atoms with Crippen molar-refractivity contribution in [1.82, 2.24) is 10.2 Å². The van der Waals surface area contributed by atoms with E-state index in [1.165, 1.54) is 13.2 Å². The fraction of sp³-hybridized carbons (Fsp3) is 0.579. The molecule has 1 N–H and O–H groups in total. The van der Waals surface area contributed by atoms with Crippen molar-refractivity contribution in [2.75, 3.05) is 26.7 Å². The molecule has 1 aromatic rings. The van der Waals surface area contributed by atoms with E-state index in [-0.39, 0.29) is 17.7 Å². The van der Waals surface area contributed by atoms with Gasteiger partial charge in [0.1, 0.15) is 5.82 Å². The van der Waals surface area contributed by atoms with Crippen molar-refractivity contribution in [2.45, 2.75) is 39.2 Å². The molecule has 1 amide bonds. The Morgan fingerprint density at radius 1 is 1.32 bits per heavy atom. The molecule has 25 heavy (non-hydrogen) atoms. The summed E-state index contributed by atoms with van der Waals surface area (Å²) in [5.41, 5.74) is 1.35. The summed E-state index contributed by atoms with van der Waals surface area (Å²) in [4.78, 5) is 25.6. The maximum Gasteiger partial charge on any atom is 0.305 e. The van der Waals surface area contributed by atoms with Crippen molar-refractivity contribution in [3.8, 4) is 0 Å². The quantitative estimate of drug-likeness (QED) is 0.801. The second-order valence-electron chi connectivity index (χ2n) is 6.71. The molecule has 0 radical (unpaired) electrons. The lowest BCUT2D eigenvalue weighted by Crippen LogP contribution is -2.37. The summed E-state index contributed by atoms with van der Waals surface area (Å²) in [6, 6.07) is 4.99. The molecule has 0 aromatic heterocycles. The first-order valence-corrected chi connectivity index (χ1v) is 8.79. The molecule has 1 aliphatic rings. The van der Waals surface area contributed by atoms with E-state index in [4.69, 9.17) is 4.74 Å². The van der Waals surface area contributed by atoms with Crippen LogP contribution in [0.1, 0.15) is 36.8 Å². The number of ether oxygens (including phenoxy) is 1. The Morgan fingerprint density at radius 3 is 2.84 bits per heavy atom. The molecule has 1 fully saturated rings. The molecule has 0 saturated carbocycles. The molecular weight excluding hydrogens is 323 g/mol. The van der Waals surface area contributed by atoms with Gasteiger partial charge in [-0.1, -0.05) is 12.1 Å². The average Bonchev–Trinajstić information content (AvgIpc) is 2.81. The summed E-state index contributed by atoms with van der Waals surface area (Å²) in [6.07, 6.45) is 3.30. The molecule has 5 nitrogen and oxygen atoms in total. The highest BCUT2D eigenvalue weighted by Gasteiger charge is 2.21. The van der Waals surface area contributed by atoms with Crippen molar-refractivity contribution >= 4 is 11.9 Å². The number of nitrogens with one attached hydrogen (secondary N) is 1. The minimum Gasteiger partial charge on any atom is -0.469 e. The maximum absolute atomic E-state index is 13.5. The molecule has 1 aromatic carbocycles. The van der Waals surface area contributed by atoms with Crippen molar-refractivity contribution in [3.05, 3.63) is 35.1 Å². The van der Waals surface area contributed by atoms with Crippen LogP contribution in [0.2, 0.25) is 0 Å². The number of halogens is 1. The Balaban J connectivity index is 1.74. The van der Waals surface area contributed by atoms with E-state index >= 15 is 0 Å². The van der Waals surface area contributed by atoms with Gasteiger partial charge in [0.2, 0.25) is 5.91 Å². The van der Waals surface area contributed by atoms with Crippen LogP contribution in [0.25, 0.3) is 0 Å². The fourth-order valence-corrected chi connectivity index (χ4v) is 3.11. The Morgan fingerprint density at radius 2 is 2.12 bits per heavy atom. The number of benzene rings is 1. The van der Waals surface area contributed by atoms with Crippen LogP contribution in [-0.4, -0.2) is 43.5 Å². The third-order valence-corrected chi connectivity index (χ3v) is 4.72. The van der Waals surface area contributed by atoms with Gasteiger partial charge in [-0.05, 0) is 62.4 Å². The number of aryl methyl sites for hydroxylation is 1. The maximum atomic E-state index is 13.5. The van der Waals surface area contributed by atoms with Gasteiger partial charge >= 0.3 is 5.97 Å². The van der Waals surface area contributed by atoms with E-state index in [2.05, 4.69) is 10.2 Å². The first kappa shape index (κ1) is 19.4. The number of esters is 1. The van der Waals surface area contributed by atoms with Crippen LogP contribution in [0.3, 0.4) is 0 Å². The lowest BCUT2D eigenvalue weighted by Gasteiger charge is -2.19. The van der Waals surface area contributed by atoms with E-state index in [0.29, 0.717) is 31.0 Å². The largest absolute Gasteiger partial charge is 0.469 e. The Kier molecular flexibility index (Phi) is 7.37. The Labute approximate surface area is 148 Å². The van der Waals surface area contributed by atoms with E-state index in [1.54, 1.807) is 13.0 Å². The molecule has 6 heteroatoms. The number of likely N-dealkylation sites (tertiary alicyclic amines) is 1. The van der Waals surface area contributed by atoms with Gasteiger partial charge in [0.05, 0.1) is 13.7 Å². The Hall–Kier alpha value is -1.95. The topological polar surface area (TPSA) is 58.6 Å². The van der Waals surface area contributed by atoms with E-state index < -0.39 is 0 Å². The molecule has 0 unspecified atom stereocenters. The zero-order chi connectivity index (χ0) is 18.2. The number of hydrogen-bond donors (Lipinski definition) is 1. The van der Waals surface area contributed by atoms with Gasteiger partial charge in [-0.15, -0.1) is 0 Å². The molecule has 1 saturated heterocycles. The zero-order valence-electron chi connectivity index (χ0n) is 15.0. The van der Waals surface area contributed by atoms with Crippen LogP contribution in [0.4, 0.5) is 4.39 Å². The monoisotopic (exact) mass is 350 g/mol. The van der Waals surface area contributed by atoms with E-state index in [0.717, 1.165) is 37.9 Å². The molecule has 1 heterocycles. The lowest BCUT2D eigenvalue weighted by molar-refractivity contribution is -0.141. The number of carbonyl (C=O) groups excluding carboxylic acids is 2. The van der Waals surface area contributed by atoms with Gasteiger partial charge in [-0.25, -0.2) is 4.39 Å². The summed E-state index contributed by atoms with van der Waals surface area (Å²) in [5.74, 6) is -0.152. The average molecular weight is 350 g/mol. The van der Waals surface area contributed by atoms with Crippen LogP contribution in [0.15, 0.2) is 18.2 Å². The first-order chi connectivity index (χ1) is 12.0. The SMILES string of the molecule is COC(=O)C[C@@H]1CCCN(CC(=O)NCc2ccc(C)c(F)c2)CC1. The van der Waals surface area contributed by atoms with Gasteiger partial charge in [0, 0.05) is 13.0 Å². The molecule has 2 rings (SSSR count). The number of amides is 1. The van der Waals surface area contributed by atoms with Crippen LogP contribution in [0, 0.1) is 18.7 Å². The second kappa shape index (κ2) is 9.51. The van der Waals surface area contributed by atoms with Crippen LogP contribution in [-0.2, 0) is 20.9 Å². The lowest BCUT2D eigenvalue weighted by atomic mass is 9.97. The number of nitrogens with zero attached hydrogens (tertiary/aromatic N) is 1. The van der Waals surface area contributed by atoms with Crippen LogP contribution < -0.4 is 5.32 Å². The van der Waals surface area contributed by atoms with Gasteiger partial charge in [0.15, 0.2) is 0 Å². The van der Waals surface area contributed by atoms with Gasteiger partial charge < -0.3 is 10.1 Å². The van der Waals surface area contributed by atoms with Gasteiger partial charge in [0.25, 0.3) is 0 Å². The summed E-state index contributed by atoms with van der Waals surface area (Å²) in [7, 11) is 1.41. The molecule has 1 atom stereocenters. The fourth-order valence-electron chi connectivity index (χ4n) is 3.11. The highest BCUT2D eigenvalue weighted by atomic mass is 19.1. The van der Waals surface area contributed by atoms with Crippen molar-refractivity contribution in [2.24, 2.45) is 5.92 Å². The minimum absolute atomic E-state index is 0.0626. The van der Waals surface area contributed by atoms with Crippen LogP contribution >= 0.6 is 0 Å². The number of rotatable bonds is 6. The van der Waals surface area contributed by atoms with Gasteiger partial charge in [-0.3, -0.25) is 14.5 Å². The van der Waals surface area contributed by atoms with E-state index in [1.807, 2.05) is 6.07 Å². The van der Waals surface area contributed by atoms with Gasteiger partial charge in [-0.2, -0.15) is 0 Å². The zero-order valence-corrected chi connectivity index (χ0v) is 15.0.